The molecule has 0 saturated carbocycles. The van der Waals surface area contributed by atoms with Crippen LogP contribution in [0.4, 0.5) is 14.9 Å². The molecule has 5 heteroatoms. The summed E-state index contributed by atoms with van der Waals surface area (Å²) in [6, 6.07) is 12.7. The van der Waals surface area contributed by atoms with E-state index in [4.69, 9.17) is 4.74 Å². The summed E-state index contributed by atoms with van der Waals surface area (Å²) < 4.78 is 18.9. The molecule has 0 spiro atoms. The van der Waals surface area contributed by atoms with E-state index >= 15 is 0 Å². The van der Waals surface area contributed by atoms with Gasteiger partial charge in [-0.2, -0.15) is 0 Å². The van der Waals surface area contributed by atoms with Gasteiger partial charge in [0.2, 0.25) is 0 Å². The molecule has 0 bridgehead atoms. The van der Waals surface area contributed by atoms with Crippen molar-refractivity contribution in [3.05, 3.63) is 54.3 Å². The van der Waals surface area contributed by atoms with Crippen molar-refractivity contribution in [2.75, 3.05) is 18.4 Å². The highest BCUT2D eigenvalue weighted by molar-refractivity contribution is 5.91. The number of amides is 2. The third kappa shape index (κ3) is 3.97. The summed E-state index contributed by atoms with van der Waals surface area (Å²) in [4.78, 5) is 13.8. The Balaban J connectivity index is 2.18. The summed E-state index contributed by atoms with van der Waals surface area (Å²) in [7, 11) is 0. The number of rotatable bonds is 5. The first-order chi connectivity index (χ1) is 10.6. The highest BCUT2D eigenvalue weighted by Gasteiger charge is 2.12. The minimum atomic E-state index is -0.373. The van der Waals surface area contributed by atoms with Crippen LogP contribution in [-0.2, 0) is 0 Å². The van der Waals surface area contributed by atoms with Crippen molar-refractivity contribution in [3.63, 3.8) is 0 Å². The first-order valence-corrected chi connectivity index (χ1v) is 7.22. The number of nitrogens with zero attached hydrogens (tertiary/aromatic N) is 1. The lowest BCUT2D eigenvalue weighted by Crippen LogP contribution is -2.34. The Morgan fingerprint density at radius 3 is 2.55 bits per heavy atom. The number of benzene rings is 2. The minimum absolute atomic E-state index is 0.194. The fraction of sp³-hybridized carbons (Fsp3) is 0.235. The maximum Gasteiger partial charge on any atom is 0.321 e. The van der Waals surface area contributed by atoms with Crippen LogP contribution in [0.5, 0.6) is 11.5 Å². The van der Waals surface area contributed by atoms with Crippen molar-refractivity contribution in [2.45, 2.75) is 13.8 Å². The van der Waals surface area contributed by atoms with Crippen molar-refractivity contribution in [1.29, 1.82) is 0 Å². The van der Waals surface area contributed by atoms with Crippen LogP contribution in [-0.4, -0.2) is 24.0 Å². The minimum Gasteiger partial charge on any atom is -0.455 e. The molecule has 0 heterocycles. The molecule has 0 aliphatic rings. The van der Waals surface area contributed by atoms with Gasteiger partial charge in [0.25, 0.3) is 0 Å². The highest BCUT2D eigenvalue weighted by atomic mass is 19.1. The van der Waals surface area contributed by atoms with E-state index in [1.165, 1.54) is 12.1 Å². The van der Waals surface area contributed by atoms with Crippen LogP contribution in [0.1, 0.15) is 13.8 Å². The summed E-state index contributed by atoms with van der Waals surface area (Å²) in [6.07, 6.45) is 0. The van der Waals surface area contributed by atoms with Crippen molar-refractivity contribution >= 4 is 11.7 Å². The Bertz CT molecular complexity index is 642. The zero-order chi connectivity index (χ0) is 15.9. The largest absolute Gasteiger partial charge is 0.455 e. The van der Waals surface area contributed by atoms with Gasteiger partial charge in [-0.15, -0.1) is 0 Å². The maximum atomic E-state index is 13.2. The quantitative estimate of drug-likeness (QED) is 0.884. The van der Waals surface area contributed by atoms with E-state index < -0.39 is 0 Å². The lowest BCUT2D eigenvalue weighted by Gasteiger charge is -2.20. The molecule has 0 fully saturated rings. The molecule has 0 aromatic heterocycles. The summed E-state index contributed by atoms with van der Waals surface area (Å²) in [5.74, 6) is 0.473. The number of anilines is 1. The molecule has 4 nitrogen and oxygen atoms in total. The summed E-state index contributed by atoms with van der Waals surface area (Å²) in [5.41, 5.74) is 0.545. The fourth-order valence-electron chi connectivity index (χ4n) is 2.02. The molecule has 116 valence electrons. The molecule has 2 amide bonds. The second-order valence-electron chi connectivity index (χ2n) is 4.66. The van der Waals surface area contributed by atoms with Gasteiger partial charge in [-0.3, -0.25) is 0 Å². The van der Waals surface area contributed by atoms with Gasteiger partial charge in [0.1, 0.15) is 11.6 Å². The van der Waals surface area contributed by atoms with Crippen LogP contribution in [0.15, 0.2) is 48.5 Å². The van der Waals surface area contributed by atoms with Crippen molar-refractivity contribution in [2.24, 2.45) is 0 Å². The molecule has 0 aliphatic carbocycles. The first-order valence-electron chi connectivity index (χ1n) is 7.22. The van der Waals surface area contributed by atoms with Crippen LogP contribution >= 0.6 is 0 Å². The standard InChI is InChI=1S/C17H19FN2O2/c1-3-20(4-2)17(21)19-15-10-5-6-11-16(15)22-14-9-7-8-13(18)12-14/h5-12H,3-4H2,1-2H3,(H,19,21). The predicted molar refractivity (Wildman–Crippen MR) is 84.9 cm³/mol. The van der Waals surface area contributed by atoms with Crippen LogP contribution in [0.2, 0.25) is 0 Å². The zero-order valence-electron chi connectivity index (χ0n) is 12.7. The first kappa shape index (κ1) is 15.8. The molecule has 0 aliphatic heterocycles. The van der Waals surface area contributed by atoms with Crippen LogP contribution < -0.4 is 10.1 Å². The number of halogens is 1. The highest BCUT2D eigenvalue weighted by Crippen LogP contribution is 2.29. The van der Waals surface area contributed by atoms with E-state index in [2.05, 4.69) is 5.32 Å². The molecular weight excluding hydrogens is 283 g/mol. The number of hydrogen-bond acceptors (Lipinski definition) is 2. The van der Waals surface area contributed by atoms with Gasteiger partial charge in [0, 0.05) is 19.2 Å². The van der Waals surface area contributed by atoms with Gasteiger partial charge in [-0.1, -0.05) is 18.2 Å². The Morgan fingerprint density at radius 2 is 1.86 bits per heavy atom. The van der Waals surface area contributed by atoms with Gasteiger partial charge in [-0.25, -0.2) is 9.18 Å². The van der Waals surface area contributed by atoms with E-state index in [0.717, 1.165) is 0 Å². The monoisotopic (exact) mass is 302 g/mol. The molecule has 2 rings (SSSR count). The van der Waals surface area contributed by atoms with Crippen molar-refractivity contribution in [3.8, 4) is 11.5 Å². The van der Waals surface area contributed by atoms with E-state index in [0.29, 0.717) is 30.3 Å². The number of para-hydroxylation sites is 2. The van der Waals surface area contributed by atoms with Gasteiger partial charge in [-0.05, 0) is 38.1 Å². The zero-order valence-corrected chi connectivity index (χ0v) is 12.7. The SMILES string of the molecule is CCN(CC)C(=O)Nc1ccccc1Oc1cccc(F)c1. The van der Waals surface area contributed by atoms with Crippen LogP contribution in [0.25, 0.3) is 0 Å². The lowest BCUT2D eigenvalue weighted by atomic mass is 10.3. The van der Waals surface area contributed by atoms with E-state index in [-0.39, 0.29) is 11.8 Å². The van der Waals surface area contributed by atoms with Crippen molar-refractivity contribution < 1.29 is 13.9 Å². The van der Waals surface area contributed by atoms with E-state index in [9.17, 15) is 9.18 Å². The average Bonchev–Trinajstić information content (AvgIpc) is 2.50. The van der Waals surface area contributed by atoms with Crippen LogP contribution in [0.3, 0.4) is 0 Å². The topological polar surface area (TPSA) is 41.6 Å². The smallest absolute Gasteiger partial charge is 0.321 e. The molecule has 1 N–H and O–H groups in total. The molecule has 0 atom stereocenters. The molecule has 0 saturated heterocycles. The second kappa shape index (κ2) is 7.45. The lowest BCUT2D eigenvalue weighted by molar-refractivity contribution is 0.217. The Hall–Kier alpha value is -2.56. The number of carbonyl (C=O) groups is 1. The number of urea groups is 1. The molecule has 22 heavy (non-hydrogen) atoms. The Labute approximate surface area is 129 Å². The predicted octanol–water partition coefficient (Wildman–Crippen LogP) is 4.49. The molecule has 0 radical (unpaired) electrons. The third-order valence-electron chi connectivity index (χ3n) is 3.20. The maximum absolute atomic E-state index is 13.2. The van der Waals surface area contributed by atoms with Crippen molar-refractivity contribution in [1.82, 2.24) is 4.90 Å². The van der Waals surface area contributed by atoms with Gasteiger partial charge < -0.3 is 15.0 Å². The summed E-state index contributed by atoms with van der Waals surface area (Å²) >= 11 is 0. The van der Waals surface area contributed by atoms with E-state index in [1.54, 1.807) is 41.3 Å². The number of nitrogens with one attached hydrogen (secondary N) is 1. The molecular formula is C17H19FN2O2. The Morgan fingerprint density at radius 1 is 1.14 bits per heavy atom. The fourth-order valence-corrected chi connectivity index (χ4v) is 2.02. The Kier molecular flexibility index (Phi) is 5.36. The molecule has 0 unspecified atom stereocenters. The van der Waals surface area contributed by atoms with Gasteiger partial charge >= 0.3 is 6.03 Å². The molecule has 2 aromatic carbocycles. The van der Waals surface area contributed by atoms with E-state index in [1.807, 2.05) is 13.8 Å². The second-order valence-corrected chi connectivity index (χ2v) is 4.66. The van der Waals surface area contributed by atoms with Gasteiger partial charge in [0.15, 0.2) is 5.75 Å². The number of carbonyl (C=O) groups excluding carboxylic acids is 1. The molecule has 2 aromatic rings. The normalized spacial score (nSPS) is 10.1. The van der Waals surface area contributed by atoms with Gasteiger partial charge in [0.05, 0.1) is 5.69 Å². The van der Waals surface area contributed by atoms with Crippen LogP contribution in [0, 0.1) is 5.82 Å². The number of hydrogen-bond donors (Lipinski definition) is 1. The summed E-state index contributed by atoms with van der Waals surface area (Å²) in [5, 5.41) is 2.82. The summed E-state index contributed by atoms with van der Waals surface area (Å²) in [6.45, 7) is 5.07. The third-order valence-corrected chi connectivity index (χ3v) is 3.20. The average molecular weight is 302 g/mol. The number of ether oxygens (including phenoxy) is 1.